The summed E-state index contributed by atoms with van der Waals surface area (Å²) in [6.45, 7) is 6.99. The summed E-state index contributed by atoms with van der Waals surface area (Å²) in [6, 6.07) is 0. The number of carbonyl (C=O) groups is 1. The smallest absolute Gasteiger partial charge is 0.325 e. The van der Waals surface area contributed by atoms with Gasteiger partial charge < -0.3 is 19.7 Å². The molecule has 1 unspecified atom stereocenters. The summed E-state index contributed by atoms with van der Waals surface area (Å²) in [5, 5.41) is 3.02. The summed E-state index contributed by atoms with van der Waals surface area (Å²) in [5.41, 5.74) is -0.616. The van der Waals surface area contributed by atoms with Gasteiger partial charge in [-0.05, 0) is 34.4 Å². The number of hydrogen-bond donors (Lipinski definition) is 1. The molecule has 0 amide bonds. The fourth-order valence-electron chi connectivity index (χ4n) is 1.45. The minimum atomic E-state index is -0.616. The van der Waals surface area contributed by atoms with E-state index in [1.54, 1.807) is 7.05 Å². The molecule has 0 aliphatic carbocycles. The molecule has 0 spiro atoms. The molecule has 17 heavy (non-hydrogen) atoms. The number of ether oxygens (including phenoxy) is 2. The highest BCUT2D eigenvalue weighted by Crippen LogP contribution is 2.11. The van der Waals surface area contributed by atoms with E-state index in [9.17, 15) is 4.79 Å². The maximum atomic E-state index is 11.6. The topological polar surface area (TPSA) is 50.8 Å². The van der Waals surface area contributed by atoms with Gasteiger partial charge in [-0.25, -0.2) is 0 Å². The Hall–Kier alpha value is -0.650. The third-order valence-electron chi connectivity index (χ3n) is 3.00. The van der Waals surface area contributed by atoms with E-state index in [1.165, 1.54) is 7.11 Å². The van der Waals surface area contributed by atoms with E-state index in [2.05, 4.69) is 10.2 Å². The monoisotopic (exact) mass is 246 g/mol. The van der Waals surface area contributed by atoms with Gasteiger partial charge >= 0.3 is 5.97 Å². The molecule has 5 nitrogen and oxygen atoms in total. The van der Waals surface area contributed by atoms with Gasteiger partial charge in [0, 0.05) is 19.7 Å². The van der Waals surface area contributed by atoms with Crippen molar-refractivity contribution in [2.45, 2.75) is 25.8 Å². The van der Waals surface area contributed by atoms with Crippen LogP contribution in [0.4, 0.5) is 0 Å². The van der Waals surface area contributed by atoms with Crippen molar-refractivity contribution in [1.82, 2.24) is 10.2 Å². The number of esters is 1. The van der Waals surface area contributed by atoms with Crippen LogP contribution in [-0.4, -0.2) is 63.9 Å². The number of likely N-dealkylation sites (N-methyl/N-ethyl adjacent to an activating group) is 2. The van der Waals surface area contributed by atoms with E-state index < -0.39 is 5.54 Å². The van der Waals surface area contributed by atoms with Crippen molar-refractivity contribution < 1.29 is 14.3 Å². The number of nitrogens with zero attached hydrogens (tertiary/aromatic N) is 1. The number of carbonyl (C=O) groups excluding carboxylic acids is 1. The molecular formula is C12H26N2O3. The molecule has 1 N–H and O–H groups in total. The molecule has 0 heterocycles. The molecule has 0 saturated heterocycles. The largest absolute Gasteiger partial charge is 0.468 e. The van der Waals surface area contributed by atoms with Gasteiger partial charge in [0.25, 0.3) is 0 Å². The van der Waals surface area contributed by atoms with E-state index in [1.807, 2.05) is 20.9 Å². The van der Waals surface area contributed by atoms with Crippen LogP contribution in [0.3, 0.4) is 0 Å². The van der Waals surface area contributed by atoms with Crippen molar-refractivity contribution in [1.29, 1.82) is 0 Å². The maximum Gasteiger partial charge on any atom is 0.325 e. The standard InChI is InChI=1S/C12H26N2O3/c1-6-17-10-9-14(4)8-7-12(2,13-3)11(15)16-5/h13H,6-10H2,1-5H3. The molecule has 0 aromatic carbocycles. The van der Waals surface area contributed by atoms with Gasteiger partial charge in [0.2, 0.25) is 0 Å². The molecule has 0 aliphatic rings. The zero-order valence-corrected chi connectivity index (χ0v) is 11.7. The van der Waals surface area contributed by atoms with Gasteiger partial charge in [-0.3, -0.25) is 4.79 Å². The van der Waals surface area contributed by atoms with Crippen LogP contribution in [0.5, 0.6) is 0 Å². The average Bonchev–Trinajstić information content (AvgIpc) is 2.35. The molecule has 0 aromatic heterocycles. The van der Waals surface area contributed by atoms with Crippen molar-refractivity contribution in [2.75, 3.05) is 47.5 Å². The van der Waals surface area contributed by atoms with Crippen molar-refractivity contribution in [3.63, 3.8) is 0 Å². The van der Waals surface area contributed by atoms with Crippen molar-refractivity contribution in [2.24, 2.45) is 0 Å². The first-order chi connectivity index (χ1) is 8.00. The lowest BCUT2D eigenvalue weighted by atomic mass is 9.98. The first-order valence-corrected chi connectivity index (χ1v) is 6.03. The quantitative estimate of drug-likeness (QED) is 0.474. The maximum absolute atomic E-state index is 11.6. The van der Waals surface area contributed by atoms with Crippen LogP contribution in [0.25, 0.3) is 0 Å². The summed E-state index contributed by atoms with van der Waals surface area (Å²) < 4.78 is 10.1. The van der Waals surface area contributed by atoms with Gasteiger partial charge in [-0.15, -0.1) is 0 Å². The first-order valence-electron chi connectivity index (χ1n) is 6.03. The van der Waals surface area contributed by atoms with E-state index in [0.29, 0.717) is 6.42 Å². The SMILES string of the molecule is CCOCCN(C)CCC(C)(NC)C(=O)OC. The predicted molar refractivity (Wildman–Crippen MR) is 68.1 cm³/mol. The second-order valence-electron chi connectivity index (χ2n) is 4.32. The Labute approximate surface area is 104 Å². The Morgan fingerprint density at radius 2 is 2.06 bits per heavy atom. The zero-order chi connectivity index (χ0) is 13.3. The summed E-state index contributed by atoms with van der Waals surface area (Å²) >= 11 is 0. The summed E-state index contributed by atoms with van der Waals surface area (Å²) in [7, 11) is 5.21. The van der Waals surface area contributed by atoms with E-state index in [0.717, 1.165) is 26.3 Å². The normalized spacial score (nSPS) is 14.7. The average molecular weight is 246 g/mol. The van der Waals surface area contributed by atoms with Crippen LogP contribution < -0.4 is 5.32 Å². The lowest BCUT2D eigenvalue weighted by Crippen LogP contribution is -2.50. The molecule has 0 aromatic rings. The van der Waals surface area contributed by atoms with Crippen LogP contribution in [0.1, 0.15) is 20.3 Å². The van der Waals surface area contributed by atoms with E-state index in [-0.39, 0.29) is 5.97 Å². The van der Waals surface area contributed by atoms with Gasteiger partial charge in [-0.1, -0.05) is 0 Å². The van der Waals surface area contributed by atoms with Crippen molar-refractivity contribution in [3.8, 4) is 0 Å². The minimum Gasteiger partial charge on any atom is -0.468 e. The Balaban J connectivity index is 4.01. The molecule has 0 radical (unpaired) electrons. The Morgan fingerprint density at radius 3 is 2.53 bits per heavy atom. The second kappa shape index (κ2) is 8.44. The van der Waals surface area contributed by atoms with Crippen molar-refractivity contribution >= 4 is 5.97 Å². The third kappa shape index (κ3) is 6.00. The third-order valence-corrected chi connectivity index (χ3v) is 3.00. The summed E-state index contributed by atoms with van der Waals surface area (Å²) in [5.74, 6) is -0.224. The van der Waals surface area contributed by atoms with Crippen molar-refractivity contribution in [3.05, 3.63) is 0 Å². The highest BCUT2D eigenvalue weighted by atomic mass is 16.5. The number of nitrogens with one attached hydrogen (secondary N) is 1. The molecule has 0 bridgehead atoms. The molecule has 102 valence electrons. The number of hydrogen-bond acceptors (Lipinski definition) is 5. The zero-order valence-electron chi connectivity index (χ0n) is 11.7. The Morgan fingerprint density at radius 1 is 1.41 bits per heavy atom. The number of rotatable bonds is 9. The molecule has 5 heteroatoms. The fourth-order valence-corrected chi connectivity index (χ4v) is 1.45. The highest BCUT2D eigenvalue weighted by Gasteiger charge is 2.32. The van der Waals surface area contributed by atoms with Crippen LogP contribution in [0, 0.1) is 0 Å². The Kier molecular flexibility index (Phi) is 8.12. The fraction of sp³-hybridized carbons (Fsp3) is 0.917. The van der Waals surface area contributed by atoms with E-state index in [4.69, 9.17) is 9.47 Å². The second-order valence-corrected chi connectivity index (χ2v) is 4.32. The molecular weight excluding hydrogens is 220 g/mol. The van der Waals surface area contributed by atoms with Gasteiger partial charge in [0.15, 0.2) is 0 Å². The minimum absolute atomic E-state index is 0.224. The van der Waals surface area contributed by atoms with Gasteiger partial charge in [0.05, 0.1) is 13.7 Å². The van der Waals surface area contributed by atoms with Crippen LogP contribution in [0.2, 0.25) is 0 Å². The number of methoxy groups -OCH3 is 1. The summed E-state index contributed by atoms with van der Waals surface area (Å²) in [4.78, 5) is 13.8. The van der Waals surface area contributed by atoms with Crippen LogP contribution in [-0.2, 0) is 14.3 Å². The Bertz CT molecular complexity index is 224. The molecule has 0 rings (SSSR count). The molecule has 0 fully saturated rings. The van der Waals surface area contributed by atoms with Crippen LogP contribution >= 0.6 is 0 Å². The van der Waals surface area contributed by atoms with Gasteiger partial charge in [0.1, 0.15) is 5.54 Å². The first kappa shape index (κ1) is 16.4. The summed E-state index contributed by atoms with van der Waals surface area (Å²) in [6.07, 6.45) is 0.707. The van der Waals surface area contributed by atoms with Crippen LogP contribution in [0.15, 0.2) is 0 Å². The molecule has 1 atom stereocenters. The lowest BCUT2D eigenvalue weighted by Gasteiger charge is -2.28. The molecule has 0 aliphatic heterocycles. The van der Waals surface area contributed by atoms with E-state index >= 15 is 0 Å². The lowest BCUT2D eigenvalue weighted by molar-refractivity contribution is -0.148. The van der Waals surface area contributed by atoms with Gasteiger partial charge in [-0.2, -0.15) is 0 Å². The highest BCUT2D eigenvalue weighted by molar-refractivity contribution is 5.80. The molecule has 0 saturated carbocycles. The predicted octanol–water partition coefficient (Wildman–Crippen LogP) is 0.496.